The summed E-state index contributed by atoms with van der Waals surface area (Å²) in [6.07, 6.45) is 3.60. The maximum atomic E-state index is 12.5. The average Bonchev–Trinajstić information content (AvgIpc) is 2.67. The first-order chi connectivity index (χ1) is 9.06. The Balaban J connectivity index is 2.03. The van der Waals surface area contributed by atoms with Crippen LogP contribution in [-0.2, 0) is 4.79 Å². The molecule has 1 saturated heterocycles. The van der Waals surface area contributed by atoms with Crippen LogP contribution in [0.4, 0.5) is 4.79 Å². The van der Waals surface area contributed by atoms with Crippen molar-refractivity contribution >= 4 is 12.0 Å². The van der Waals surface area contributed by atoms with Crippen LogP contribution in [0.25, 0.3) is 0 Å². The maximum absolute atomic E-state index is 12.5. The Labute approximate surface area is 113 Å². The number of aliphatic carboxylic acids is 1. The van der Waals surface area contributed by atoms with Gasteiger partial charge in [-0.1, -0.05) is 0 Å². The smallest absolute Gasteiger partial charge is 0.320 e. The molecule has 0 spiro atoms. The molecule has 6 nitrogen and oxygen atoms in total. The van der Waals surface area contributed by atoms with Gasteiger partial charge >= 0.3 is 12.0 Å². The Morgan fingerprint density at radius 1 is 1.32 bits per heavy atom. The monoisotopic (exact) mass is 270 g/mol. The van der Waals surface area contributed by atoms with E-state index >= 15 is 0 Å². The molecule has 108 valence electrons. The summed E-state index contributed by atoms with van der Waals surface area (Å²) in [7, 11) is 0. The van der Waals surface area contributed by atoms with Crippen LogP contribution in [0.1, 0.15) is 32.6 Å². The van der Waals surface area contributed by atoms with Gasteiger partial charge in [0.05, 0.1) is 12.5 Å². The highest BCUT2D eigenvalue weighted by atomic mass is 16.4. The number of hydrogen-bond donors (Lipinski definition) is 2. The summed E-state index contributed by atoms with van der Waals surface area (Å²) in [4.78, 5) is 26.9. The van der Waals surface area contributed by atoms with Gasteiger partial charge in [0, 0.05) is 25.2 Å². The molecule has 2 N–H and O–H groups in total. The number of nitrogens with zero attached hydrogens (tertiary/aromatic N) is 2. The number of amides is 2. The number of carboxylic acid groups (broad SMARTS) is 1. The lowest BCUT2D eigenvalue weighted by Gasteiger charge is -2.40. The van der Waals surface area contributed by atoms with E-state index in [9.17, 15) is 9.59 Å². The zero-order valence-corrected chi connectivity index (χ0v) is 11.3. The summed E-state index contributed by atoms with van der Waals surface area (Å²) in [5.74, 6) is -1.30. The molecule has 0 aromatic carbocycles. The molecule has 2 amide bonds. The van der Waals surface area contributed by atoms with Crippen molar-refractivity contribution in [2.75, 3.05) is 19.7 Å². The molecule has 6 heteroatoms. The number of likely N-dealkylation sites (tertiary alicyclic amines) is 1. The maximum Gasteiger partial charge on any atom is 0.320 e. The van der Waals surface area contributed by atoms with Gasteiger partial charge in [-0.25, -0.2) is 4.79 Å². The van der Waals surface area contributed by atoms with Gasteiger partial charge in [-0.05, 0) is 32.6 Å². The van der Waals surface area contributed by atoms with Crippen molar-refractivity contribution in [3.8, 4) is 0 Å². The number of carbonyl (C=O) groups is 2. The highest BCUT2D eigenvalue weighted by Gasteiger charge is 2.41. The number of urea groups is 1. The summed E-state index contributed by atoms with van der Waals surface area (Å²) in [6, 6.07) is -0.169. The van der Waals surface area contributed by atoms with Crippen molar-refractivity contribution in [3.63, 3.8) is 0 Å². The molecule has 2 aliphatic rings. The summed E-state index contributed by atoms with van der Waals surface area (Å²) >= 11 is 0. The molecular weight excluding hydrogens is 248 g/mol. The molecule has 2 fully saturated rings. The molecule has 0 bridgehead atoms. The number of carbonyl (C=O) groups excluding carboxylic acids is 1. The number of aliphatic hydroxyl groups is 1. The van der Waals surface area contributed by atoms with E-state index in [0.717, 1.165) is 19.3 Å². The Kier molecular flexibility index (Phi) is 4.29. The van der Waals surface area contributed by atoms with Crippen molar-refractivity contribution in [1.29, 1.82) is 0 Å². The first kappa shape index (κ1) is 14.1. The second kappa shape index (κ2) is 5.77. The third kappa shape index (κ3) is 2.68. The fraction of sp³-hybridized carbons (Fsp3) is 0.846. The molecule has 1 aliphatic carbocycles. The van der Waals surface area contributed by atoms with Crippen LogP contribution in [0.3, 0.4) is 0 Å². The molecule has 2 rings (SSSR count). The van der Waals surface area contributed by atoms with Gasteiger partial charge in [-0.2, -0.15) is 0 Å². The molecule has 2 unspecified atom stereocenters. The topological polar surface area (TPSA) is 81.1 Å². The number of aliphatic hydroxyl groups excluding tert-OH is 1. The fourth-order valence-corrected chi connectivity index (χ4v) is 2.95. The van der Waals surface area contributed by atoms with Crippen LogP contribution in [0.15, 0.2) is 0 Å². The molecule has 2 atom stereocenters. The fourth-order valence-electron chi connectivity index (χ4n) is 2.95. The van der Waals surface area contributed by atoms with Crippen LogP contribution in [0.5, 0.6) is 0 Å². The van der Waals surface area contributed by atoms with E-state index < -0.39 is 11.9 Å². The Morgan fingerprint density at radius 3 is 2.42 bits per heavy atom. The van der Waals surface area contributed by atoms with Gasteiger partial charge < -0.3 is 20.0 Å². The molecule has 0 aromatic rings. The standard InChI is InChI=1S/C13H22N2O4/c1-9-11(12(17)18)5-6-14(9)13(19)15(7-8-16)10-3-2-4-10/h9-11,16H,2-8H2,1H3,(H,17,18). The van der Waals surface area contributed by atoms with E-state index in [4.69, 9.17) is 10.2 Å². The Bertz CT molecular complexity index is 357. The van der Waals surface area contributed by atoms with Crippen molar-refractivity contribution < 1.29 is 19.8 Å². The summed E-state index contributed by atoms with van der Waals surface area (Å²) in [6.45, 7) is 2.57. The van der Waals surface area contributed by atoms with Crippen LogP contribution in [0.2, 0.25) is 0 Å². The summed E-state index contributed by atoms with van der Waals surface area (Å²) in [5, 5.41) is 18.2. The second-order valence-corrected chi connectivity index (χ2v) is 5.45. The van der Waals surface area contributed by atoms with Crippen LogP contribution in [0, 0.1) is 5.92 Å². The average molecular weight is 270 g/mol. The van der Waals surface area contributed by atoms with Crippen molar-refractivity contribution in [2.24, 2.45) is 5.92 Å². The molecule has 0 aromatic heterocycles. The summed E-state index contributed by atoms with van der Waals surface area (Å²) < 4.78 is 0. The third-order valence-electron chi connectivity index (χ3n) is 4.42. The Hall–Kier alpha value is -1.30. The molecule has 1 heterocycles. The Morgan fingerprint density at radius 2 is 2.00 bits per heavy atom. The summed E-state index contributed by atoms with van der Waals surface area (Å²) in [5.41, 5.74) is 0. The largest absolute Gasteiger partial charge is 0.481 e. The SMILES string of the molecule is CC1C(C(=O)O)CCN1C(=O)N(CCO)C1CCC1. The molecule has 1 aliphatic heterocycles. The zero-order chi connectivity index (χ0) is 14.0. The lowest BCUT2D eigenvalue weighted by atomic mass is 9.91. The quantitative estimate of drug-likeness (QED) is 0.790. The highest BCUT2D eigenvalue weighted by Crippen LogP contribution is 2.29. The van der Waals surface area contributed by atoms with Crippen LogP contribution < -0.4 is 0 Å². The normalized spacial score (nSPS) is 27.2. The minimum atomic E-state index is -0.833. The molecule has 1 saturated carbocycles. The van der Waals surface area contributed by atoms with Gasteiger partial charge in [0.25, 0.3) is 0 Å². The van der Waals surface area contributed by atoms with Crippen LogP contribution in [-0.4, -0.2) is 63.8 Å². The number of hydrogen-bond acceptors (Lipinski definition) is 3. The van der Waals surface area contributed by atoms with Crippen molar-refractivity contribution in [1.82, 2.24) is 9.80 Å². The first-order valence-electron chi connectivity index (χ1n) is 6.97. The third-order valence-corrected chi connectivity index (χ3v) is 4.42. The first-order valence-corrected chi connectivity index (χ1v) is 6.97. The highest BCUT2D eigenvalue weighted by molar-refractivity contribution is 5.78. The van der Waals surface area contributed by atoms with Crippen molar-refractivity contribution in [3.05, 3.63) is 0 Å². The van der Waals surface area contributed by atoms with E-state index in [1.54, 1.807) is 16.7 Å². The van der Waals surface area contributed by atoms with Crippen molar-refractivity contribution in [2.45, 2.75) is 44.7 Å². The second-order valence-electron chi connectivity index (χ2n) is 5.45. The van der Waals surface area contributed by atoms with Gasteiger partial charge in [-0.15, -0.1) is 0 Å². The van der Waals surface area contributed by atoms with Gasteiger partial charge in [0.1, 0.15) is 0 Å². The van der Waals surface area contributed by atoms with E-state index in [2.05, 4.69) is 0 Å². The minimum absolute atomic E-state index is 0.0488. The molecule has 19 heavy (non-hydrogen) atoms. The predicted octanol–water partition coefficient (Wildman–Crippen LogP) is 0.748. The van der Waals surface area contributed by atoms with E-state index in [1.807, 2.05) is 0 Å². The minimum Gasteiger partial charge on any atom is -0.481 e. The zero-order valence-electron chi connectivity index (χ0n) is 11.3. The van der Waals surface area contributed by atoms with E-state index in [1.165, 1.54) is 0 Å². The van der Waals surface area contributed by atoms with E-state index in [0.29, 0.717) is 19.5 Å². The molecule has 0 radical (unpaired) electrons. The predicted molar refractivity (Wildman–Crippen MR) is 68.7 cm³/mol. The number of rotatable bonds is 4. The lowest BCUT2D eigenvalue weighted by Crippen LogP contribution is -2.53. The van der Waals surface area contributed by atoms with Gasteiger partial charge in [-0.3, -0.25) is 4.79 Å². The molecular formula is C13H22N2O4. The van der Waals surface area contributed by atoms with Gasteiger partial charge in [0.15, 0.2) is 0 Å². The number of carboxylic acids is 1. The lowest BCUT2D eigenvalue weighted by molar-refractivity contribution is -0.142. The van der Waals surface area contributed by atoms with Gasteiger partial charge in [0.2, 0.25) is 0 Å². The van der Waals surface area contributed by atoms with Crippen LogP contribution >= 0.6 is 0 Å². The van der Waals surface area contributed by atoms with E-state index in [-0.39, 0.29) is 24.7 Å².